The van der Waals surface area contributed by atoms with Crippen LogP contribution in [0.15, 0.2) is 0 Å². The topological polar surface area (TPSA) is 52.3 Å². The average Bonchev–Trinajstić information content (AvgIpc) is 1.61. The maximum Gasteiger partial charge on any atom is 0.404 e. The van der Waals surface area contributed by atoms with Gasteiger partial charge in [0.1, 0.15) is 6.61 Å². The summed E-state index contributed by atoms with van der Waals surface area (Å²) in [5, 5.41) is 1.28. The largest absolute Gasteiger partial charge is 0.445 e. The van der Waals surface area contributed by atoms with Gasteiger partial charge in [-0.2, -0.15) is 0 Å². The molecule has 0 spiro atoms. The summed E-state index contributed by atoms with van der Waals surface area (Å²) in [7, 11) is 0. The molecule has 0 aromatic rings. The van der Waals surface area contributed by atoms with Crippen molar-refractivity contribution in [3.8, 4) is 0 Å². The van der Waals surface area contributed by atoms with Crippen LogP contribution in [0.3, 0.4) is 0 Å². The lowest BCUT2D eigenvalue weighted by Gasteiger charge is -1.89. The molecule has 0 aliphatic rings. The lowest BCUT2D eigenvalue weighted by Crippen LogP contribution is -2.13. The summed E-state index contributed by atoms with van der Waals surface area (Å²) in [6.45, 7) is 0.116. The van der Waals surface area contributed by atoms with Crippen LogP contribution in [-0.4, -0.2) is 18.1 Å². The number of thiocarbonyl (C=S) groups is 1. The summed E-state index contributed by atoms with van der Waals surface area (Å²) < 4.78 is 4.17. The third-order valence-corrected chi connectivity index (χ3v) is 0.430. The van der Waals surface area contributed by atoms with Crippen molar-refractivity contribution >= 4 is 23.7 Å². The lowest BCUT2D eigenvalue weighted by molar-refractivity contribution is 0.174. The van der Waals surface area contributed by atoms with E-state index in [1.807, 2.05) is 0 Å². The average molecular weight is 119 g/mol. The first-order chi connectivity index (χ1) is 3.27. The minimum absolute atomic E-state index is 0.116. The number of amides is 1. The van der Waals surface area contributed by atoms with E-state index >= 15 is 0 Å². The Bertz CT molecular complexity index is 83.0. The van der Waals surface area contributed by atoms with Crippen molar-refractivity contribution in [2.75, 3.05) is 6.61 Å². The Hall–Kier alpha value is -0.640. The van der Waals surface area contributed by atoms with Crippen LogP contribution in [-0.2, 0) is 4.74 Å². The Kier molecular flexibility index (Phi) is 3.22. The molecule has 0 fully saturated rings. The van der Waals surface area contributed by atoms with Crippen molar-refractivity contribution in [1.82, 2.24) is 0 Å². The third kappa shape index (κ3) is 5.36. The Morgan fingerprint density at radius 3 is 2.71 bits per heavy atom. The fourth-order valence-electron chi connectivity index (χ4n) is 0.116. The van der Waals surface area contributed by atoms with Crippen LogP contribution in [0.2, 0.25) is 0 Å². The van der Waals surface area contributed by atoms with Crippen molar-refractivity contribution in [2.24, 2.45) is 5.73 Å². The van der Waals surface area contributed by atoms with Gasteiger partial charge in [0.25, 0.3) is 0 Å². The van der Waals surface area contributed by atoms with Gasteiger partial charge in [-0.1, -0.05) is 12.2 Å². The zero-order valence-corrected chi connectivity index (χ0v) is 4.40. The zero-order chi connectivity index (χ0) is 5.70. The van der Waals surface area contributed by atoms with Crippen molar-refractivity contribution in [1.29, 1.82) is 0 Å². The van der Waals surface area contributed by atoms with Crippen LogP contribution in [0.5, 0.6) is 0 Å². The number of carbonyl (C=O) groups excluding carboxylic acids is 1. The highest BCUT2D eigenvalue weighted by molar-refractivity contribution is 7.79. The monoisotopic (exact) mass is 119 g/mol. The first kappa shape index (κ1) is 6.36. The van der Waals surface area contributed by atoms with Crippen molar-refractivity contribution in [2.45, 2.75) is 0 Å². The van der Waals surface area contributed by atoms with Crippen LogP contribution in [0, 0.1) is 0 Å². The van der Waals surface area contributed by atoms with E-state index in [1.165, 1.54) is 5.37 Å². The number of rotatable bonds is 2. The molecular weight excluding hydrogens is 114 g/mol. The van der Waals surface area contributed by atoms with E-state index in [0.717, 1.165) is 0 Å². The molecule has 3 nitrogen and oxygen atoms in total. The quantitative estimate of drug-likeness (QED) is 0.524. The van der Waals surface area contributed by atoms with Crippen LogP contribution in [0.4, 0.5) is 4.79 Å². The molecule has 0 aliphatic carbocycles. The predicted octanol–water partition coefficient (Wildman–Crippen LogP) is 0.0814. The van der Waals surface area contributed by atoms with E-state index in [1.54, 1.807) is 0 Å². The minimum Gasteiger partial charge on any atom is -0.445 e. The molecule has 1 amide bonds. The first-order valence-corrected chi connectivity index (χ1v) is 2.10. The highest BCUT2D eigenvalue weighted by Crippen LogP contribution is 1.66. The van der Waals surface area contributed by atoms with Crippen molar-refractivity contribution < 1.29 is 9.53 Å². The van der Waals surface area contributed by atoms with Gasteiger partial charge in [0.2, 0.25) is 0 Å². The second-order valence-corrected chi connectivity index (χ2v) is 1.13. The number of hydrogen-bond acceptors (Lipinski definition) is 3. The van der Waals surface area contributed by atoms with Crippen LogP contribution >= 0.6 is 12.2 Å². The number of primary amides is 1. The van der Waals surface area contributed by atoms with Crippen LogP contribution < -0.4 is 5.73 Å². The molecule has 0 saturated carbocycles. The summed E-state index contributed by atoms with van der Waals surface area (Å²) in [6, 6.07) is 0. The van der Waals surface area contributed by atoms with Gasteiger partial charge >= 0.3 is 6.09 Å². The molecule has 40 valence electrons. The smallest absolute Gasteiger partial charge is 0.404 e. The lowest BCUT2D eigenvalue weighted by atomic mass is 10.9. The fourth-order valence-corrected chi connectivity index (χ4v) is 0.184. The van der Waals surface area contributed by atoms with Gasteiger partial charge in [0.15, 0.2) is 0 Å². The number of hydrogen-bond donors (Lipinski definition) is 1. The van der Waals surface area contributed by atoms with E-state index in [9.17, 15) is 4.79 Å². The highest BCUT2D eigenvalue weighted by atomic mass is 32.1. The van der Waals surface area contributed by atoms with Crippen LogP contribution in [0.1, 0.15) is 0 Å². The molecule has 0 atom stereocenters. The van der Waals surface area contributed by atoms with E-state index in [0.29, 0.717) is 0 Å². The van der Waals surface area contributed by atoms with Crippen molar-refractivity contribution in [3.63, 3.8) is 0 Å². The Morgan fingerprint density at radius 2 is 2.57 bits per heavy atom. The molecule has 0 bridgehead atoms. The third-order valence-electron chi connectivity index (χ3n) is 0.294. The Morgan fingerprint density at radius 1 is 2.00 bits per heavy atom. The van der Waals surface area contributed by atoms with Gasteiger partial charge in [-0.05, 0) is 0 Å². The van der Waals surface area contributed by atoms with Gasteiger partial charge in [-0.3, -0.25) is 0 Å². The van der Waals surface area contributed by atoms with Gasteiger partial charge < -0.3 is 10.5 Å². The molecule has 7 heavy (non-hydrogen) atoms. The molecule has 0 rings (SSSR count). The number of carbonyl (C=O) groups is 1. The number of nitrogens with two attached hydrogens (primary N) is 1. The van der Waals surface area contributed by atoms with Crippen molar-refractivity contribution in [3.05, 3.63) is 0 Å². The highest BCUT2D eigenvalue weighted by Gasteiger charge is 1.84. The predicted molar refractivity (Wildman–Crippen MR) is 29.2 cm³/mol. The summed E-state index contributed by atoms with van der Waals surface area (Å²) in [4.78, 5) is 9.69. The SMILES string of the molecule is NC(=O)OCC=S. The van der Waals surface area contributed by atoms with Gasteiger partial charge in [0.05, 0.1) is 0 Å². The minimum atomic E-state index is -0.791. The van der Waals surface area contributed by atoms with E-state index in [-0.39, 0.29) is 6.61 Å². The molecule has 0 aromatic heterocycles. The summed E-state index contributed by atoms with van der Waals surface area (Å²) in [5.41, 5.74) is 4.55. The second-order valence-electron chi connectivity index (χ2n) is 0.797. The van der Waals surface area contributed by atoms with E-state index in [2.05, 4.69) is 22.7 Å². The molecule has 0 radical (unpaired) electrons. The van der Waals surface area contributed by atoms with Crippen LogP contribution in [0.25, 0.3) is 0 Å². The molecular formula is C3H5NO2S. The normalized spacial score (nSPS) is 7.43. The Balaban J connectivity index is 2.97. The standard InChI is InChI=1S/C3H5NO2S/c4-3(5)6-1-2-7/h2H,1H2,(H2,4,5). The fraction of sp³-hybridized carbons (Fsp3) is 0.333. The Labute approximate surface area is 46.4 Å². The molecule has 0 aliphatic heterocycles. The van der Waals surface area contributed by atoms with E-state index in [4.69, 9.17) is 0 Å². The molecule has 0 heterocycles. The van der Waals surface area contributed by atoms with E-state index < -0.39 is 6.09 Å². The molecule has 4 heteroatoms. The molecule has 0 saturated heterocycles. The summed E-state index contributed by atoms with van der Waals surface area (Å²) >= 11 is 4.31. The summed E-state index contributed by atoms with van der Waals surface area (Å²) in [5.74, 6) is 0. The van der Waals surface area contributed by atoms with Gasteiger partial charge in [-0.25, -0.2) is 4.79 Å². The zero-order valence-electron chi connectivity index (χ0n) is 3.59. The second kappa shape index (κ2) is 3.55. The molecule has 2 N–H and O–H groups in total. The first-order valence-electron chi connectivity index (χ1n) is 1.63. The molecule has 0 unspecified atom stereocenters. The molecule has 0 aromatic carbocycles. The maximum absolute atomic E-state index is 9.69. The van der Waals surface area contributed by atoms with Gasteiger partial charge in [-0.15, -0.1) is 0 Å². The maximum atomic E-state index is 9.69. The number of ether oxygens (including phenoxy) is 1. The van der Waals surface area contributed by atoms with Gasteiger partial charge in [0, 0.05) is 5.37 Å². The summed E-state index contributed by atoms with van der Waals surface area (Å²) in [6.07, 6.45) is -0.791.